The van der Waals surface area contributed by atoms with Gasteiger partial charge in [0.2, 0.25) is 5.91 Å². The van der Waals surface area contributed by atoms with Crippen molar-refractivity contribution in [3.63, 3.8) is 0 Å². The van der Waals surface area contributed by atoms with Crippen LogP contribution in [-0.2, 0) is 32.1 Å². The normalized spacial score (nSPS) is 20.3. The first-order chi connectivity index (χ1) is 14.5. The van der Waals surface area contributed by atoms with Crippen molar-refractivity contribution in [1.82, 2.24) is 15.2 Å². The Morgan fingerprint density at radius 3 is 2.70 bits per heavy atom. The summed E-state index contributed by atoms with van der Waals surface area (Å²) in [5, 5.41) is 2.50. The van der Waals surface area contributed by atoms with E-state index in [9.17, 15) is 14.4 Å². The van der Waals surface area contributed by atoms with Crippen LogP contribution in [0.5, 0.6) is 0 Å². The minimum absolute atomic E-state index is 0.0353. The Labute approximate surface area is 178 Å². The molecule has 2 atom stereocenters. The number of rotatable bonds is 6. The lowest BCUT2D eigenvalue weighted by molar-refractivity contribution is -0.153. The number of hydrogen-bond donors (Lipinski definition) is 1. The van der Waals surface area contributed by atoms with Gasteiger partial charge in [-0.05, 0) is 30.2 Å². The van der Waals surface area contributed by atoms with Crippen LogP contribution in [-0.4, -0.2) is 44.8 Å². The van der Waals surface area contributed by atoms with Crippen molar-refractivity contribution in [2.24, 2.45) is 0 Å². The van der Waals surface area contributed by atoms with Crippen LogP contribution in [0.15, 0.2) is 66.0 Å². The zero-order valence-electron chi connectivity index (χ0n) is 16.4. The number of thioether (sulfide) groups is 1. The molecule has 8 heteroatoms. The number of aromatic nitrogens is 1. The van der Waals surface area contributed by atoms with Gasteiger partial charge in [0.1, 0.15) is 23.7 Å². The summed E-state index contributed by atoms with van der Waals surface area (Å²) in [6.07, 6.45) is 1.83. The minimum atomic E-state index is -0.641. The third kappa shape index (κ3) is 4.09. The van der Waals surface area contributed by atoms with Gasteiger partial charge in [-0.25, -0.2) is 4.79 Å². The summed E-state index contributed by atoms with van der Waals surface area (Å²) in [4.78, 5) is 43.4. The number of ether oxygens (including phenoxy) is 1. The fourth-order valence-electron chi connectivity index (χ4n) is 3.46. The van der Waals surface area contributed by atoms with Gasteiger partial charge in [0, 0.05) is 11.9 Å². The summed E-state index contributed by atoms with van der Waals surface area (Å²) in [5.74, 6) is -0.470. The topological polar surface area (TPSA) is 88.6 Å². The predicted molar refractivity (Wildman–Crippen MR) is 112 cm³/mol. The molecule has 2 aromatic rings. The maximum atomic E-state index is 12.8. The zero-order chi connectivity index (χ0) is 21.1. The van der Waals surface area contributed by atoms with Gasteiger partial charge in [-0.1, -0.05) is 36.4 Å². The largest absolute Gasteiger partial charge is 0.455 e. The fraction of sp³-hybridized carbons (Fsp3) is 0.273. The number of nitrogens with one attached hydrogen (secondary N) is 1. The zero-order valence-corrected chi connectivity index (χ0v) is 17.2. The van der Waals surface area contributed by atoms with Gasteiger partial charge < -0.3 is 10.1 Å². The lowest BCUT2D eigenvalue weighted by Crippen LogP contribution is -2.70. The van der Waals surface area contributed by atoms with Crippen LogP contribution in [0.1, 0.15) is 18.2 Å². The number of esters is 1. The van der Waals surface area contributed by atoms with Crippen LogP contribution in [0.2, 0.25) is 0 Å². The molecule has 1 aromatic heterocycles. The second-order valence-corrected chi connectivity index (χ2v) is 8.25. The fourth-order valence-corrected chi connectivity index (χ4v) is 4.75. The van der Waals surface area contributed by atoms with Gasteiger partial charge in [-0.3, -0.25) is 19.5 Å². The van der Waals surface area contributed by atoms with Crippen molar-refractivity contribution in [2.45, 2.75) is 31.4 Å². The number of nitrogens with zero attached hydrogens (tertiary/aromatic N) is 2. The Morgan fingerprint density at radius 1 is 1.20 bits per heavy atom. The first kappa shape index (κ1) is 20.2. The number of amides is 2. The van der Waals surface area contributed by atoms with Gasteiger partial charge in [-0.2, -0.15) is 0 Å². The van der Waals surface area contributed by atoms with Gasteiger partial charge in [0.25, 0.3) is 5.91 Å². The molecule has 2 aliphatic heterocycles. The summed E-state index contributed by atoms with van der Waals surface area (Å²) < 4.78 is 5.38. The highest BCUT2D eigenvalue weighted by Crippen LogP contribution is 2.40. The number of hydrogen-bond acceptors (Lipinski definition) is 6. The van der Waals surface area contributed by atoms with Crippen LogP contribution in [0.4, 0.5) is 0 Å². The Balaban J connectivity index is 1.39. The summed E-state index contributed by atoms with van der Waals surface area (Å²) in [5.41, 5.74) is 2.56. The molecule has 1 N–H and O–H groups in total. The summed E-state index contributed by atoms with van der Waals surface area (Å²) in [7, 11) is 0. The van der Waals surface area contributed by atoms with Gasteiger partial charge >= 0.3 is 5.97 Å². The van der Waals surface area contributed by atoms with Crippen LogP contribution >= 0.6 is 11.8 Å². The van der Waals surface area contributed by atoms with Crippen molar-refractivity contribution in [3.05, 3.63) is 77.3 Å². The third-order valence-corrected chi connectivity index (χ3v) is 6.38. The van der Waals surface area contributed by atoms with Crippen molar-refractivity contribution in [3.8, 4) is 0 Å². The van der Waals surface area contributed by atoms with E-state index in [2.05, 4.69) is 10.3 Å². The molecule has 1 aromatic carbocycles. The molecule has 4 rings (SSSR count). The third-order valence-electron chi connectivity index (χ3n) is 4.95. The van der Waals surface area contributed by atoms with Crippen molar-refractivity contribution < 1.29 is 19.1 Å². The number of pyridine rings is 1. The molecule has 1 saturated heterocycles. The Hall–Kier alpha value is -3.13. The minimum Gasteiger partial charge on any atom is -0.455 e. The first-order valence-corrected chi connectivity index (χ1v) is 10.6. The van der Waals surface area contributed by atoms with Crippen LogP contribution < -0.4 is 5.32 Å². The van der Waals surface area contributed by atoms with Crippen molar-refractivity contribution >= 4 is 29.5 Å². The molecule has 1 unspecified atom stereocenters. The highest BCUT2D eigenvalue weighted by Gasteiger charge is 2.53. The van der Waals surface area contributed by atoms with Crippen molar-refractivity contribution in [1.29, 1.82) is 0 Å². The van der Waals surface area contributed by atoms with E-state index in [1.54, 1.807) is 18.3 Å². The molecule has 2 aliphatic rings. The quantitative estimate of drug-likeness (QED) is 0.565. The molecular formula is C22H21N3O4S. The molecule has 1 fully saturated rings. The van der Waals surface area contributed by atoms with Gasteiger partial charge in [0.05, 0.1) is 12.1 Å². The van der Waals surface area contributed by atoms with E-state index in [-0.39, 0.29) is 35.9 Å². The van der Waals surface area contributed by atoms with E-state index in [1.165, 1.54) is 16.7 Å². The summed E-state index contributed by atoms with van der Waals surface area (Å²) in [6.45, 7) is 1.85. The van der Waals surface area contributed by atoms with Crippen LogP contribution in [0.3, 0.4) is 0 Å². The Morgan fingerprint density at radius 2 is 1.97 bits per heavy atom. The Bertz CT molecular complexity index is 994. The maximum Gasteiger partial charge on any atom is 0.355 e. The van der Waals surface area contributed by atoms with E-state index in [0.717, 1.165) is 11.1 Å². The SMILES string of the molecule is CC1=C(C(=O)OCc2ccccn2)N2C(=O)C(NC(=O)Cc3ccccc3)[C@H]2SC1. The molecule has 0 saturated carbocycles. The molecule has 0 spiro atoms. The number of β-lactam (4-membered cyclic amide) rings is 1. The second kappa shape index (κ2) is 8.71. The average molecular weight is 423 g/mol. The van der Waals surface area contributed by atoms with E-state index >= 15 is 0 Å². The number of carbonyl (C=O) groups is 3. The van der Waals surface area contributed by atoms with Gasteiger partial charge in [0.15, 0.2) is 0 Å². The smallest absolute Gasteiger partial charge is 0.355 e. The summed E-state index contributed by atoms with van der Waals surface area (Å²) in [6, 6.07) is 14.1. The number of carbonyl (C=O) groups excluding carboxylic acids is 3. The molecule has 0 aliphatic carbocycles. The second-order valence-electron chi connectivity index (χ2n) is 7.14. The van der Waals surface area contributed by atoms with E-state index < -0.39 is 12.0 Å². The molecule has 0 bridgehead atoms. The van der Waals surface area contributed by atoms with Crippen LogP contribution in [0.25, 0.3) is 0 Å². The molecule has 154 valence electrons. The van der Waals surface area contributed by atoms with Gasteiger partial charge in [-0.15, -0.1) is 11.8 Å². The molecule has 3 heterocycles. The maximum absolute atomic E-state index is 12.8. The average Bonchev–Trinajstić information content (AvgIpc) is 2.77. The van der Waals surface area contributed by atoms with Crippen LogP contribution in [0, 0.1) is 0 Å². The molecule has 2 amide bonds. The molecule has 30 heavy (non-hydrogen) atoms. The number of benzene rings is 1. The highest BCUT2D eigenvalue weighted by atomic mass is 32.2. The lowest BCUT2D eigenvalue weighted by atomic mass is 10.0. The lowest BCUT2D eigenvalue weighted by Gasteiger charge is -2.49. The molecule has 7 nitrogen and oxygen atoms in total. The molecule has 0 radical (unpaired) electrons. The standard InChI is InChI=1S/C22H21N3O4S/c1-14-13-30-21-18(24-17(26)11-15-7-3-2-4-8-15)20(27)25(21)19(14)22(28)29-12-16-9-5-6-10-23-16/h2-10,18,21H,11-13H2,1H3,(H,24,26)/t18?,21-/m1/s1. The summed E-state index contributed by atoms with van der Waals surface area (Å²) >= 11 is 1.53. The van der Waals surface area contributed by atoms with Crippen molar-refractivity contribution in [2.75, 3.05) is 5.75 Å². The predicted octanol–water partition coefficient (Wildman–Crippen LogP) is 2.04. The first-order valence-electron chi connectivity index (χ1n) is 9.59. The highest BCUT2D eigenvalue weighted by molar-refractivity contribution is 8.00. The molecular weight excluding hydrogens is 402 g/mol. The van der Waals surface area contributed by atoms with E-state index in [4.69, 9.17) is 4.74 Å². The monoisotopic (exact) mass is 423 g/mol. The van der Waals surface area contributed by atoms with E-state index in [1.807, 2.05) is 43.3 Å². The Kier molecular flexibility index (Phi) is 5.85. The number of fused-ring (bicyclic) bond motifs is 1. The van der Waals surface area contributed by atoms with E-state index in [0.29, 0.717) is 11.4 Å².